The van der Waals surface area contributed by atoms with E-state index in [4.69, 9.17) is 0 Å². The average molecular weight is 326 g/mol. The Morgan fingerprint density at radius 2 is 1.83 bits per heavy atom. The first-order chi connectivity index (χ1) is 11.6. The molecule has 1 aromatic heterocycles. The molecule has 0 saturated carbocycles. The highest BCUT2D eigenvalue weighted by molar-refractivity contribution is 5.86. The van der Waals surface area contributed by atoms with Crippen molar-refractivity contribution in [1.82, 2.24) is 9.88 Å². The zero-order chi connectivity index (χ0) is 16.7. The van der Waals surface area contributed by atoms with E-state index >= 15 is 0 Å². The van der Waals surface area contributed by atoms with Gasteiger partial charge in [0.15, 0.2) is 0 Å². The van der Waals surface area contributed by atoms with Crippen molar-refractivity contribution in [3.63, 3.8) is 0 Å². The number of carbonyl (C=O) groups excluding carboxylic acids is 1. The first-order valence-electron chi connectivity index (χ1n) is 7.91. The van der Waals surface area contributed by atoms with Gasteiger partial charge in [-0.1, -0.05) is 12.1 Å². The van der Waals surface area contributed by atoms with E-state index < -0.39 is 0 Å². The molecule has 0 saturated heterocycles. The van der Waals surface area contributed by atoms with Crippen molar-refractivity contribution in [1.29, 1.82) is 0 Å². The summed E-state index contributed by atoms with van der Waals surface area (Å²) in [6, 6.07) is 10.7. The van der Waals surface area contributed by atoms with Crippen LogP contribution in [0.3, 0.4) is 0 Å². The third-order valence-electron chi connectivity index (χ3n) is 4.56. The van der Waals surface area contributed by atoms with E-state index in [0.717, 1.165) is 34.1 Å². The molecule has 2 heterocycles. The Balaban J connectivity index is 1.57. The van der Waals surface area contributed by atoms with Crippen LogP contribution in [0.5, 0.6) is 0 Å². The Hall–Kier alpha value is -2.69. The summed E-state index contributed by atoms with van der Waals surface area (Å²) in [5.41, 5.74) is 3.75. The van der Waals surface area contributed by atoms with Crippen molar-refractivity contribution in [3.8, 4) is 0 Å². The number of halogens is 2. The fourth-order valence-electron chi connectivity index (χ4n) is 3.29. The molecule has 0 atom stereocenters. The minimum Gasteiger partial charge on any atom is -0.358 e. The second kappa shape index (κ2) is 5.74. The topological polar surface area (TPSA) is 36.1 Å². The quantitative estimate of drug-likeness (QED) is 0.768. The third kappa shape index (κ3) is 2.66. The van der Waals surface area contributed by atoms with Crippen molar-refractivity contribution in [3.05, 3.63) is 70.9 Å². The van der Waals surface area contributed by atoms with Gasteiger partial charge in [0.2, 0.25) is 5.91 Å². The van der Waals surface area contributed by atoms with Gasteiger partial charge in [0.05, 0.1) is 6.42 Å². The van der Waals surface area contributed by atoms with Gasteiger partial charge in [-0.25, -0.2) is 8.78 Å². The van der Waals surface area contributed by atoms with Crippen molar-refractivity contribution >= 4 is 16.8 Å². The van der Waals surface area contributed by atoms with Crippen LogP contribution in [0.25, 0.3) is 10.9 Å². The van der Waals surface area contributed by atoms with Gasteiger partial charge >= 0.3 is 0 Å². The summed E-state index contributed by atoms with van der Waals surface area (Å²) in [5, 5.41) is 0.837. The fourth-order valence-corrected chi connectivity index (χ4v) is 3.29. The maximum atomic E-state index is 13.5. The second-order valence-electron chi connectivity index (χ2n) is 6.14. The Bertz CT molecular complexity index is 915. The van der Waals surface area contributed by atoms with E-state index in [1.54, 1.807) is 23.1 Å². The molecule has 1 aliphatic heterocycles. The number of rotatable bonds is 2. The molecule has 0 radical (unpaired) electrons. The summed E-state index contributed by atoms with van der Waals surface area (Å²) in [4.78, 5) is 17.6. The molecule has 1 amide bonds. The van der Waals surface area contributed by atoms with Gasteiger partial charge in [-0.05, 0) is 35.9 Å². The highest BCUT2D eigenvalue weighted by Crippen LogP contribution is 2.28. The number of nitrogens with one attached hydrogen (secondary N) is 1. The Morgan fingerprint density at radius 3 is 2.62 bits per heavy atom. The average Bonchev–Trinajstić information content (AvgIpc) is 2.94. The molecular weight excluding hydrogens is 310 g/mol. The van der Waals surface area contributed by atoms with Crippen LogP contribution in [0.1, 0.15) is 16.8 Å². The molecule has 0 bridgehead atoms. The molecule has 122 valence electrons. The summed E-state index contributed by atoms with van der Waals surface area (Å²) in [5.74, 6) is -0.591. The van der Waals surface area contributed by atoms with E-state index in [-0.39, 0.29) is 24.0 Å². The van der Waals surface area contributed by atoms with Crippen LogP contribution in [0.4, 0.5) is 8.78 Å². The van der Waals surface area contributed by atoms with Gasteiger partial charge in [-0.3, -0.25) is 4.79 Å². The summed E-state index contributed by atoms with van der Waals surface area (Å²) >= 11 is 0. The van der Waals surface area contributed by atoms with E-state index in [0.29, 0.717) is 13.1 Å². The van der Waals surface area contributed by atoms with Crippen LogP contribution in [0.15, 0.2) is 42.5 Å². The summed E-state index contributed by atoms with van der Waals surface area (Å²) in [6.07, 6.45) is 0.965. The van der Waals surface area contributed by atoms with Crippen LogP contribution < -0.4 is 0 Å². The number of benzene rings is 2. The number of fused-ring (bicyclic) bond motifs is 3. The predicted molar refractivity (Wildman–Crippen MR) is 87.5 cm³/mol. The highest BCUT2D eigenvalue weighted by Gasteiger charge is 2.24. The number of aromatic nitrogens is 1. The molecule has 0 aliphatic carbocycles. The molecule has 5 heteroatoms. The third-order valence-corrected chi connectivity index (χ3v) is 4.56. The lowest BCUT2D eigenvalue weighted by Crippen LogP contribution is -2.36. The van der Waals surface area contributed by atoms with Crippen LogP contribution in [-0.4, -0.2) is 22.3 Å². The smallest absolute Gasteiger partial charge is 0.227 e. The van der Waals surface area contributed by atoms with Gasteiger partial charge in [0, 0.05) is 41.7 Å². The first kappa shape index (κ1) is 14.9. The molecule has 2 aromatic carbocycles. The SMILES string of the molecule is O=C(Cc1ccc(F)cc1)N1CCc2[nH]c3ccc(F)cc3c2C1. The number of hydrogen-bond donors (Lipinski definition) is 1. The summed E-state index contributed by atoms with van der Waals surface area (Å²) in [6.45, 7) is 1.10. The number of H-pyrrole nitrogens is 1. The fraction of sp³-hybridized carbons (Fsp3) is 0.211. The van der Waals surface area contributed by atoms with Crippen molar-refractivity contribution in [2.24, 2.45) is 0 Å². The van der Waals surface area contributed by atoms with Crippen LogP contribution in [0, 0.1) is 11.6 Å². The maximum Gasteiger partial charge on any atom is 0.227 e. The molecule has 0 spiro atoms. The number of nitrogens with zero attached hydrogens (tertiary/aromatic N) is 1. The predicted octanol–water partition coefficient (Wildman–Crippen LogP) is 3.57. The second-order valence-corrected chi connectivity index (χ2v) is 6.14. The lowest BCUT2D eigenvalue weighted by Gasteiger charge is -2.27. The van der Waals surface area contributed by atoms with Gasteiger partial charge < -0.3 is 9.88 Å². The Labute approximate surface area is 137 Å². The van der Waals surface area contributed by atoms with Crippen LogP contribution in [-0.2, 0) is 24.2 Å². The van der Waals surface area contributed by atoms with E-state index in [1.807, 2.05) is 0 Å². The molecule has 24 heavy (non-hydrogen) atoms. The Kier molecular flexibility index (Phi) is 3.56. The number of carbonyl (C=O) groups is 1. The summed E-state index contributed by atoms with van der Waals surface area (Å²) < 4.78 is 26.5. The molecule has 4 rings (SSSR count). The van der Waals surface area contributed by atoms with Gasteiger partial charge in [0.25, 0.3) is 0 Å². The molecule has 0 fully saturated rings. The van der Waals surface area contributed by atoms with Crippen molar-refractivity contribution in [2.45, 2.75) is 19.4 Å². The number of amides is 1. The zero-order valence-electron chi connectivity index (χ0n) is 13.0. The van der Waals surface area contributed by atoms with Crippen LogP contribution >= 0.6 is 0 Å². The largest absolute Gasteiger partial charge is 0.358 e. The molecule has 3 aromatic rings. The molecule has 3 nitrogen and oxygen atoms in total. The lowest BCUT2D eigenvalue weighted by atomic mass is 10.0. The van der Waals surface area contributed by atoms with Crippen molar-refractivity contribution < 1.29 is 13.6 Å². The highest BCUT2D eigenvalue weighted by atomic mass is 19.1. The minimum absolute atomic E-state index is 0.00184. The molecular formula is C19H16F2N2O. The minimum atomic E-state index is -0.311. The number of aromatic amines is 1. The normalized spacial score (nSPS) is 14.0. The lowest BCUT2D eigenvalue weighted by molar-refractivity contribution is -0.131. The van der Waals surface area contributed by atoms with Crippen molar-refractivity contribution in [2.75, 3.05) is 6.54 Å². The maximum absolute atomic E-state index is 13.5. The van der Waals surface area contributed by atoms with Gasteiger partial charge in [-0.2, -0.15) is 0 Å². The van der Waals surface area contributed by atoms with E-state index in [1.165, 1.54) is 24.3 Å². The van der Waals surface area contributed by atoms with Gasteiger partial charge in [0.1, 0.15) is 11.6 Å². The van der Waals surface area contributed by atoms with E-state index in [2.05, 4.69) is 4.98 Å². The first-order valence-corrected chi connectivity index (χ1v) is 7.91. The zero-order valence-corrected chi connectivity index (χ0v) is 13.0. The summed E-state index contributed by atoms with van der Waals surface area (Å²) in [7, 11) is 0. The van der Waals surface area contributed by atoms with Gasteiger partial charge in [-0.15, -0.1) is 0 Å². The molecule has 0 unspecified atom stereocenters. The molecule has 1 aliphatic rings. The Morgan fingerprint density at radius 1 is 1.08 bits per heavy atom. The number of hydrogen-bond acceptors (Lipinski definition) is 1. The van der Waals surface area contributed by atoms with E-state index in [9.17, 15) is 13.6 Å². The van der Waals surface area contributed by atoms with Crippen LogP contribution in [0.2, 0.25) is 0 Å². The molecule has 1 N–H and O–H groups in total. The monoisotopic (exact) mass is 326 g/mol. The standard InChI is InChI=1S/C19H16F2N2O/c20-13-3-1-12(2-4-13)9-19(24)23-8-7-18-16(11-23)15-10-14(21)5-6-17(15)22-18/h1-6,10,22H,7-9,11H2.